The normalized spacial score (nSPS) is 16.1. The quantitative estimate of drug-likeness (QED) is 0.741. The molecule has 6 nitrogen and oxygen atoms in total. The maximum Gasteiger partial charge on any atom is 0.313 e. The monoisotopic (exact) mass is 298 g/mol. The van der Waals surface area contributed by atoms with E-state index in [1.807, 2.05) is 11.6 Å². The molecule has 1 atom stereocenters. The van der Waals surface area contributed by atoms with Gasteiger partial charge in [0.25, 0.3) is 0 Å². The van der Waals surface area contributed by atoms with Crippen LogP contribution < -0.4 is 4.90 Å². The highest BCUT2D eigenvalue weighted by molar-refractivity contribution is 7.99. The molecule has 1 aliphatic carbocycles. The SMILES string of the molecule is CCCn1c(SCC(=O)O)nnc1N(C)C(C)C1CC1. The highest BCUT2D eigenvalue weighted by Gasteiger charge is 2.32. The first kappa shape index (κ1) is 15.2. The van der Waals surface area contributed by atoms with Crippen LogP contribution in [0.15, 0.2) is 5.16 Å². The van der Waals surface area contributed by atoms with Gasteiger partial charge in [-0.25, -0.2) is 0 Å². The minimum atomic E-state index is -0.831. The molecule has 1 heterocycles. The molecule has 1 aliphatic rings. The van der Waals surface area contributed by atoms with E-state index in [-0.39, 0.29) is 5.75 Å². The van der Waals surface area contributed by atoms with Crippen LogP contribution >= 0.6 is 11.8 Å². The molecule has 0 radical (unpaired) electrons. The van der Waals surface area contributed by atoms with Crippen molar-refractivity contribution >= 4 is 23.7 Å². The summed E-state index contributed by atoms with van der Waals surface area (Å²) in [6.07, 6.45) is 3.54. The lowest BCUT2D eigenvalue weighted by atomic mass is 10.2. The Labute approximate surface area is 123 Å². The standard InChI is InChI=1S/C13H22N4O2S/c1-4-7-17-12(16(3)9(2)10-5-6-10)14-15-13(17)20-8-11(18)19/h9-10H,4-8H2,1-3H3,(H,18,19). The van der Waals surface area contributed by atoms with E-state index in [0.717, 1.165) is 24.8 Å². The number of carbonyl (C=O) groups is 1. The lowest BCUT2D eigenvalue weighted by molar-refractivity contribution is -0.133. The third kappa shape index (κ3) is 3.45. The molecule has 0 amide bonds. The number of hydrogen-bond acceptors (Lipinski definition) is 5. The van der Waals surface area contributed by atoms with Gasteiger partial charge in [-0.05, 0) is 32.1 Å². The van der Waals surface area contributed by atoms with E-state index in [2.05, 4.69) is 28.9 Å². The lowest BCUT2D eigenvalue weighted by Crippen LogP contribution is -2.33. The Hall–Kier alpha value is -1.24. The third-order valence-electron chi connectivity index (χ3n) is 3.70. The summed E-state index contributed by atoms with van der Waals surface area (Å²) in [4.78, 5) is 12.9. The summed E-state index contributed by atoms with van der Waals surface area (Å²) in [6.45, 7) is 5.12. The van der Waals surface area contributed by atoms with Crippen molar-refractivity contribution in [3.63, 3.8) is 0 Å². The Kier molecular flexibility index (Phi) is 4.91. The molecule has 0 saturated heterocycles. The van der Waals surface area contributed by atoms with E-state index < -0.39 is 5.97 Å². The number of rotatable bonds is 8. The van der Waals surface area contributed by atoms with Gasteiger partial charge in [0.1, 0.15) is 0 Å². The first-order chi connectivity index (χ1) is 9.54. The lowest BCUT2D eigenvalue weighted by Gasteiger charge is -2.26. The van der Waals surface area contributed by atoms with E-state index in [4.69, 9.17) is 5.11 Å². The third-order valence-corrected chi connectivity index (χ3v) is 4.65. The Morgan fingerprint density at radius 2 is 2.25 bits per heavy atom. The van der Waals surface area contributed by atoms with Crippen LogP contribution in [0.2, 0.25) is 0 Å². The molecule has 1 N–H and O–H groups in total. The molecule has 7 heteroatoms. The Balaban J connectivity index is 2.16. The van der Waals surface area contributed by atoms with Gasteiger partial charge >= 0.3 is 5.97 Å². The molecule has 0 aliphatic heterocycles. The Morgan fingerprint density at radius 3 is 2.80 bits per heavy atom. The van der Waals surface area contributed by atoms with Crippen molar-refractivity contribution in [2.24, 2.45) is 5.92 Å². The van der Waals surface area contributed by atoms with Crippen molar-refractivity contribution < 1.29 is 9.90 Å². The molecule has 1 saturated carbocycles. The van der Waals surface area contributed by atoms with Gasteiger partial charge in [-0.3, -0.25) is 9.36 Å². The van der Waals surface area contributed by atoms with Gasteiger partial charge in [0.2, 0.25) is 5.95 Å². The fourth-order valence-electron chi connectivity index (χ4n) is 2.27. The molecule has 1 aromatic heterocycles. The molecule has 1 fully saturated rings. The average molecular weight is 298 g/mol. The summed E-state index contributed by atoms with van der Waals surface area (Å²) in [5.74, 6) is 0.785. The van der Waals surface area contributed by atoms with Crippen LogP contribution in [0.5, 0.6) is 0 Å². The van der Waals surface area contributed by atoms with E-state index in [1.54, 1.807) is 0 Å². The highest BCUT2D eigenvalue weighted by atomic mass is 32.2. The predicted molar refractivity (Wildman–Crippen MR) is 79.3 cm³/mol. The minimum absolute atomic E-state index is 0.0176. The molecule has 0 spiro atoms. The summed E-state index contributed by atoms with van der Waals surface area (Å²) >= 11 is 1.23. The molecule has 0 aromatic carbocycles. The van der Waals surface area contributed by atoms with Crippen molar-refractivity contribution in [1.82, 2.24) is 14.8 Å². The fourth-order valence-corrected chi connectivity index (χ4v) is 2.95. The number of carboxylic acids is 1. The summed E-state index contributed by atoms with van der Waals surface area (Å²) in [6, 6.07) is 0.451. The number of aromatic nitrogens is 3. The zero-order chi connectivity index (χ0) is 14.7. The molecular weight excluding hydrogens is 276 g/mol. The van der Waals surface area contributed by atoms with Crippen LogP contribution in [0, 0.1) is 5.92 Å². The van der Waals surface area contributed by atoms with Gasteiger partial charge in [-0.15, -0.1) is 10.2 Å². The number of carboxylic acid groups (broad SMARTS) is 1. The molecule has 0 bridgehead atoms. The second kappa shape index (κ2) is 6.47. The van der Waals surface area contributed by atoms with Crippen LogP contribution in [-0.4, -0.2) is 44.7 Å². The van der Waals surface area contributed by atoms with Gasteiger partial charge in [0.05, 0.1) is 5.75 Å². The fraction of sp³-hybridized carbons (Fsp3) is 0.769. The topological polar surface area (TPSA) is 71.2 Å². The van der Waals surface area contributed by atoms with Gasteiger partial charge in [-0.2, -0.15) is 0 Å². The molecule has 112 valence electrons. The van der Waals surface area contributed by atoms with Crippen molar-refractivity contribution in [3.8, 4) is 0 Å². The molecule has 1 unspecified atom stereocenters. The van der Waals surface area contributed by atoms with Crippen molar-refractivity contribution in [2.75, 3.05) is 17.7 Å². The molecule has 20 heavy (non-hydrogen) atoms. The van der Waals surface area contributed by atoms with Crippen LogP contribution in [-0.2, 0) is 11.3 Å². The second-order valence-electron chi connectivity index (χ2n) is 5.31. The maximum atomic E-state index is 10.7. The van der Waals surface area contributed by atoms with E-state index >= 15 is 0 Å². The van der Waals surface area contributed by atoms with E-state index in [9.17, 15) is 4.79 Å². The minimum Gasteiger partial charge on any atom is -0.481 e. The Bertz CT molecular complexity index is 473. The highest BCUT2D eigenvalue weighted by Crippen LogP contribution is 2.36. The second-order valence-corrected chi connectivity index (χ2v) is 6.25. The van der Waals surface area contributed by atoms with Crippen molar-refractivity contribution in [1.29, 1.82) is 0 Å². The summed E-state index contributed by atoms with van der Waals surface area (Å²) in [5, 5.41) is 17.9. The Morgan fingerprint density at radius 1 is 1.55 bits per heavy atom. The molecule has 2 rings (SSSR count). The maximum absolute atomic E-state index is 10.7. The zero-order valence-electron chi connectivity index (χ0n) is 12.2. The molecular formula is C13H22N4O2S. The van der Waals surface area contributed by atoms with Crippen LogP contribution in [0.4, 0.5) is 5.95 Å². The molecule has 1 aromatic rings. The van der Waals surface area contributed by atoms with E-state index in [1.165, 1.54) is 24.6 Å². The predicted octanol–water partition coefficient (Wildman–Crippen LogP) is 2.10. The summed E-state index contributed by atoms with van der Waals surface area (Å²) in [5.41, 5.74) is 0. The van der Waals surface area contributed by atoms with Crippen LogP contribution in [0.25, 0.3) is 0 Å². The smallest absolute Gasteiger partial charge is 0.313 e. The van der Waals surface area contributed by atoms with Crippen LogP contribution in [0.1, 0.15) is 33.1 Å². The number of thioether (sulfide) groups is 1. The van der Waals surface area contributed by atoms with Gasteiger partial charge < -0.3 is 10.0 Å². The number of anilines is 1. The van der Waals surface area contributed by atoms with E-state index in [0.29, 0.717) is 11.2 Å². The van der Waals surface area contributed by atoms with Gasteiger partial charge in [0, 0.05) is 19.6 Å². The van der Waals surface area contributed by atoms with Crippen LogP contribution in [0.3, 0.4) is 0 Å². The largest absolute Gasteiger partial charge is 0.481 e. The summed E-state index contributed by atoms with van der Waals surface area (Å²) < 4.78 is 2.03. The van der Waals surface area contributed by atoms with Crippen molar-refractivity contribution in [2.45, 2.75) is 50.9 Å². The average Bonchev–Trinajstić information content (AvgIpc) is 3.18. The first-order valence-electron chi connectivity index (χ1n) is 7.05. The zero-order valence-corrected chi connectivity index (χ0v) is 13.1. The first-order valence-corrected chi connectivity index (χ1v) is 8.03. The van der Waals surface area contributed by atoms with Gasteiger partial charge in [0.15, 0.2) is 5.16 Å². The number of nitrogens with zero attached hydrogens (tertiary/aromatic N) is 4. The number of hydrogen-bond donors (Lipinski definition) is 1. The summed E-state index contributed by atoms with van der Waals surface area (Å²) in [7, 11) is 2.05. The van der Waals surface area contributed by atoms with Gasteiger partial charge in [-0.1, -0.05) is 18.7 Å². The number of aliphatic carboxylic acids is 1. The van der Waals surface area contributed by atoms with Crippen molar-refractivity contribution in [3.05, 3.63) is 0 Å².